The summed E-state index contributed by atoms with van der Waals surface area (Å²) in [5, 5.41) is 9.72. The van der Waals surface area contributed by atoms with Crippen molar-refractivity contribution in [2.75, 3.05) is 6.61 Å². The number of nitrogens with zero attached hydrogens (tertiary/aromatic N) is 1. The van der Waals surface area contributed by atoms with Gasteiger partial charge in [-0.15, -0.1) is 0 Å². The molecule has 0 radical (unpaired) electrons. The van der Waals surface area contributed by atoms with Crippen molar-refractivity contribution in [1.82, 2.24) is 4.90 Å². The van der Waals surface area contributed by atoms with Crippen molar-refractivity contribution in [2.24, 2.45) is 11.8 Å². The molecule has 0 aliphatic heterocycles. The minimum atomic E-state index is -0.934. The van der Waals surface area contributed by atoms with Crippen molar-refractivity contribution in [3.63, 3.8) is 0 Å². The van der Waals surface area contributed by atoms with E-state index in [0.29, 0.717) is 12.5 Å². The molecule has 0 bridgehead atoms. The molecular weight excluding hydrogens is 354 g/mol. The van der Waals surface area contributed by atoms with Gasteiger partial charge in [0.1, 0.15) is 6.29 Å². The highest BCUT2D eigenvalue weighted by molar-refractivity contribution is 5.67. The van der Waals surface area contributed by atoms with Crippen molar-refractivity contribution in [1.29, 1.82) is 0 Å². The minimum absolute atomic E-state index is 0.231. The summed E-state index contributed by atoms with van der Waals surface area (Å²) < 4.78 is 5.82. The van der Waals surface area contributed by atoms with Crippen LogP contribution in [0, 0.1) is 11.8 Å². The van der Waals surface area contributed by atoms with Crippen LogP contribution in [0.4, 0.5) is 4.79 Å². The Balaban J connectivity index is 1.81. The molecular formula is C23H35NO4. The normalized spacial score (nSPS) is 21.1. The van der Waals surface area contributed by atoms with Crippen LogP contribution in [-0.2, 0) is 16.1 Å². The third-order valence-corrected chi connectivity index (χ3v) is 5.82. The van der Waals surface area contributed by atoms with E-state index in [1.165, 1.54) is 10.5 Å². The summed E-state index contributed by atoms with van der Waals surface area (Å²) in [5.41, 5.74) is 0.681. The van der Waals surface area contributed by atoms with Gasteiger partial charge < -0.3 is 14.6 Å². The zero-order valence-electron chi connectivity index (χ0n) is 17.5. The monoisotopic (exact) mass is 389 g/mol. The van der Waals surface area contributed by atoms with Gasteiger partial charge in [0.25, 0.3) is 0 Å². The maximum absolute atomic E-state index is 11.9. The molecule has 2 rings (SSSR count). The molecule has 5 nitrogen and oxygen atoms in total. The quantitative estimate of drug-likeness (QED) is 0.469. The van der Waals surface area contributed by atoms with Gasteiger partial charge in [0.15, 0.2) is 0 Å². The number of rotatable bonds is 9. The molecule has 0 aromatic heterocycles. The van der Waals surface area contributed by atoms with Crippen molar-refractivity contribution in [2.45, 2.75) is 77.5 Å². The van der Waals surface area contributed by atoms with Gasteiger partial charge in [-0.3, -0.25) is 4.90 Å². The predicted octanol–water partition coefficient (Wildman–Crippen LogP) is 5.14. The van der Waals surface area contributed by atoms with E-state index in [0.717, 1.165) is 45.0 Å². The smallest absolute Gasteiger partial charge is 0.408 e. The van der Waals surface area contributed by atoms with Gasteiger partial charge in [0.2, 0.25) is 0 Å². The fraction of sp³-hybridized carbons (Fsp3) is 0.652. The first kappa shape index (κ1) is 22.4. The third kappa shape index (κ3) is 6.62. The van der Waals surface area contributed by atoms with E-state index in [9.17, 15) is 14.7 Å². The Kier molecular flexibility index (Phi) is 8.49. The average Bonchev–Trinajstić information content (AvgIpc) is 2.65. The lowest BCUT2D eigenvalue weighted by Crippen LogP contribution is -2.54. The first-order valence-corrected chi connectivity index (χ1v) is 10.4. The van der Waals surface area contributed by atoms with E-state index < -0.39 is 11.6 Å². The largest absolute Gasteiger partial charge is 0.465 e. The topological polar surface area (TPSA) is 66.8 Å². The molecule has 1 atom stereocenters. The van der Waals surface area contributed by atoms with E-state index in [-0.39, 0.29) is 18.4 Å². The zero-order valence-corrected chi connectivity index (χ0v) is 17.5. The number of carboxylic acid groups (broad SMARTS) is 1. The van der Waals surface area contributed by atoms with Crippen molar-refractivity contribution >= 4 is 12.4 Å². The van der Waals surface area contributed by atoms with Gasteiger partial charge in [0, 0.05) is 24.6 Å². The highest BCUT2D eigenvalue weighted by atomic mass is 16.5. The average molecular weight is 390 g/mol. The second-order valence-electron chi connectivity index (χ2n) is 8.90. The van der Waals surface area contributed by atoms with E-state index in [1.54, 1.807) is 0 Å². The fourth-order valence-electron chi connectivity index (χ4n) is 4.41. The van der Waals surface area contributed by atoms with Crippen LogP contribution in [0.2, 0.25) is 0 Å². The number of carbonyl (C=O) groups is 2. The van der Waals surface area contributed by atoms with Crippen LogP contribution in [0.5, 0.6) is 0 Å². The molecule has 28 heavy (non-hydrogen) atoms. The molecule has 0 spiro atoms. The highest BCUT2D eigenvalue weighted by Crippen LogP contribution is 2.37. The molecule has 1 N–H and O–H groups in total. The molecule has 156 valence electrons. The maximum atomic E-state index is 11.9. The van der Waals surface area contributed by atoms with Crippen molar-refractivity contribution < 1.29 is 19.4 Å². The maximum Gasteiger partial charge on any atom is 0.408 e. The van der Waals surface area contributed by atoms with E-state index in [2.05, 4.69) is 12.1 Å². The van der Waals surface area contributed by atoms with Crippen LogP contribution in [0.3, 0.4) is 0 Å². The SMILES string of the molecule is CC(C)(C)N(C(=O)O)C(CC=O)[C@H]1CC[C@H](CCOCc2ccccc2)CC1. The molecule has 1 aromatic carbocycles. The van der Waals surface area contributed by atoms with Crippen LogP contribution in [0.25, 0.3) is 0 Å². The number of benzene rings is 1. The second kappa shape index (κ2) is 10.6. The fourth-order valence-corrected chi connectivity index (χ4v) is 4.41. The molecule has 1 aliphatic rings. The summed E-state index contributed by atoms with van der Waals surface area (Å²) in [4.78, 5) is 24.6. The molecule has 0 heterocycles. The first-order valence-electron chi connectivity index (χ1n) is 10.4. The Morgan fingerprint density at radius 2 is 1.86 bits per heavy atom. The lowest BCUT2D eigenvalue weighted by atomic mass is 9.75. The number of aldehydes is 1. The lowest BCUT2D eigenvalue weighted by molar-refractivity contribution is -0.109. The van der Waals surface area contributed by atoms with Gasteiger partial charge in [-0.2, -0.15) is 0 Å². The first-order chi connectivity index (χ1) is 13.3. The van der Waals surface area contributed by atoms with Crippen LogP contribution in [-0.4, -0.2) is 40.6 Å². The molecule has 1 unspecified atom stereocenters. The Bertz CT molecular complexity index is 603. The van der Waals surface area contributed by atoms with E-state index in [1.807, 2.05) is 39.0 Å². The van der Waals surface area contributed by atoms with Gasteiger partial charge in [-0.1, -0.05) is 43.2 Å². The van der Waals surface area contributed by atoms with E-state index >= 15 is 0 Å². The summed E-state index contributed by atoms with van der Waals surface area (Å²) in [6.45, 7) is 7.10. The lowest BCUT2D eigenvalue weighted by Gasteiger charge is -2.44. The van der Waals surface area contributed by atoms with Crippen LogP contribution in [0.1, 0.15) is 64.9 Å². The summed E-state index contributed by atoms with van der Waals surface area (Å²) in [6.07, 6.45) is 5.35. The molecule has 0 saturated heterocycles. The predicted molar refractivity (Wildman–Crippen MR) is 110 cm³/mol. The van der Waals surface area contributed by atoms with Crippen LogP contribution in [0.15, 0.2) is 30.3 Å². The molecule has 1 aromatic rings. The Morgan fingerprint density at radius 1 is 1.21 bits per heavy atom. The Morgan fingerprint density at radius 3 is 2.39 bits per heavy atom. The summed E-state index contributed by atoms with van der Waals surface area (Å²) >= 11 is 0. The molecule has 5 heteroatoms. The van der Waals surface area contributed by atoms with E-state index in [4.69, 9.17) is 4.74 Å². The Hall–Kier alpha value is -1.88. The highest BCUT2D eigenvalue weighted by Gasteiger charge is 2.38. The minimum Gasteiger partial charge on any atom is -0.465 e. The van der Waals surface area contributed by atoms with Gasteiger partial charge in [0.05, 0.1) is 6.61 Å². The summed E-state index contributed by atoms with van der Waals surface area (Å²) in [7, 11) is 0. The van der Waals surface area contributed by atoms with Gasteiger partial charge >= 0.3 is 6.09 Å². The van der Waals surface area contributed by atoms with Crippen molar-refractivity contribution in [3.05, 3.63) is 35.9 Å². The third-order valence-electron chi connectivity index (χ3n) is 5.82. The van der Waals surface area contributed by atoms with Crippen molar-refractivity contribution in [3.8, 4) is 0 Å². The second-order valence-corrected chi connectivity index (χ2v) is 8.90. The molecule has 1 fully saturated rings. The standard InChI is InChI=1S/C23H35NO4/c1-23(2,3)24(22(26)27)21(13-15-25)20-11-9-18(10-12-20)14-16-28-17-19-7-5-4-6-8-19/h4-8,15,18,20-21H,9-14,16-17H2,1-3H3,(H,26,27)/t18-,20-,21?. The summed E-state index contributed by atoms with van der Waals surface area (Å²) in [5.74, 6) is 0.874. The Labute approximate surface area is 169 Å². The zero-order chi connectivity index (χ0) is 20.6. The number of hydrogen-bond donors (Lipinski definition) is 1. The number of hydrogen-bond acceptors (Lipinski definition) is 3. The molecule has 1 amide bonds. The number of amides is 1. The van der Waals surface area contributed by atoms with Crippen LogP contribution < -0.4 is 0 Å². The van der Waals surface area contributed by atoms with Gasteiger partial charge in [-0.05, 0) is 57.4 Å². The molecule has 1 saturated carbocycles. The number of ether oxygens (including phenoxy) is 1. The molecule has 1 aliphatic carbocycles. The summed E-state index contributed by atoms with van der Waals surface area (Å²) in [6, 6.07) is 9.96. The van der Waals surface area contributed by atoms with Gasteiger partial charge in [-0.25, -0.2) is 4.79 Å². The van der Waals surface area contributed by atoms with Crippen LogP contribution >= 0.6 is 0 Å². The number of carbonyl (C=O) groups excluding carboxylic acids is 1.